The maximum Gasteiger partial charge on any atom is 0.320 e. The first-order valence-corrected chi connectivity index (χ1v) is 10.3. The molecule has 0 spiro atoms. The number of phenolic OH excluding ortho intramolecular Hbond substituents is 2. The quantitative estimate of drug-likeness (QED) is 0.484. The molecule has 2 N–H and O–H groups in total. The van der Waals surface area contributed by atoms with Gasteiger partial charge in [-0.25, -0.2) is 4.98 Å². The zero-order valence-electron chi connectivity index (χ0n) is 17.0. The molecule has 31 heavy (non-hydrogen) atoms. The number of rotatable bonds is 4. The molecule has 0 saturated carbocycles. The van der Waals surface area contributed by atoms with E-state index in [-0.39, 0.29) is 28.9 Å². The molecule has 0 aliphatic heterocycles. The number of aryl methyl sites for hydroxylation is 1. The van der Waals surface area contributed by atoms with Gasteiger partial charge in [-0.15, -0.1) is 0 Å². The highest BCUT2D eigenvalue weighted by molar-refractivity contribution is 5.89. The van der Waals surface area contributed by atoms with E-state index in [2.05, 4.69) is 45.3 Å². The Labute approximate surface area is 179 Å². The third-order valence-corrected chi connectivity index (χ3v) is 5.37. The van der Waals surface area contributed by atoms with Gasteiger partial charge in [0.25, 0.3) is 0 Å². The van der Waals surface area contributed by atoms with Gasteiger partial charge in [0.2, 0.25) is 0 Å². The summed E-state index contributed by atoms with van der Waals surface area (Å²) in [7, 11) is 0. The molecule has 1 heterocycles. The highest BCUT2D eigenvalue weighted by Crippen LogP contribution is 2.36. The Bertz CT molecular complexity index is 1310. The van der Waals surface area contributed by atoms with Crippen molar-refractivity contribution in [3.05, 3.63) is 65.7 Å². The van der Waals surface area contributed by atoms with Crippen molar-refractivity contribution >= 4 is 16.8 Å². The topological polar surface area (TPSA) is 88.4 Å². The fourth-order valence-corrected chi connectivity index (χ4v) is 3.87. The standard InChI is InChI=1S/C25H21N3O3/c1-2-31-25-27-23(26-24(28-25)22-20(29)8-5-9-21(22)30)18-11-10-17-12-15-6-3-4-7-16(15)13-19(17)14-18/h3,5-6,8-14,29-30H,2,4,7H2,1H3. The number of hydrogen-bond donors (Lipinski definition) is 2. The molecule has 0 saturated heterocycles. The van der Waals surface area contributed by atoms with Gasteiger partial charge in [-0.3, -0.25) is 0 Å². The summed E-state index contributed by atoms with van der Waals surface area (Å²) in [6.45, 7) is 2.22. The highest BCUT2D eigenvalue weighted by Gasteiger charge is 2.18. The summed E-state index contributed by atoms with van der Waals surface area (Å²) in [5.41, 5.74) is 3.55. The van der Waals surface area contributed by atoms with Gasteiger partial charge in [-0.2, -0.15) is 9.97 Å². The summed E-state index contributed by atoms with van der Waals surface area (Å²) in [6, 6.07) is 15.1. The number of fused-ring (bicyclic) bond motifs is 2. The fraction of sp³-hybridized carbons (Fsp3) is 0.160. The molecule has 0 radical (unpaired) electrons. The second kappa shape index (κ2) is 7.72. The minimum atomic E-state index is -0.113. The predicted octanol–water partition coefficient (Wildman–Crippen LogP) is 5.13. The Morgan fingerprint density at radius 2 is 1.71 bits per heavy atom. The molecule has 5 rings (SSSR count). The van der Waals surface area contributed by atoms with Crippen molar-refractivity contribution < 1.29 is 14.9 Å². The molecular weight excluding hydrogens is 390 g/mol. The zero-order chi connectivity index (χ0) is 21.4. The number of hydrogen-bond acceptors (Lipinski definition) is 6. The summed E-state index contributed by atoms with van der Waals surface area (Å²) < 4.78 is 5.54. The Morgan fingerprint density at radius 3 is 2.52 bits per heavy atom. The molecule has 154 valence electrons. The van der Waals surface area contributed by atoms with Gasteiger partial charge in [0.15, 0.2) is 11.6 Å². The molecule has 3 aromatic carbocycles. The van der Waals surface area contributed by atoms with Crippen LogP contribution in [0.1, 0.15) is 24.5 Å². The third kappa shape index (κ3) is 3.57. The Balaban J connectivity index is 1.66. The predicted molar refractivity (Wildman–Crippen MR) is 120 cm³/mol. The van der Waals surface area contributed by atoms with E-state index in [9.17, 15) is 10.2 Å². The van der Waals surface area contributed by atoms with Gasteiger partial charge >= 0.3 is 6.01 Å². The summed E-state index contributed by atoms with van der Waals surface area (Å²) >= 11 is 0. The summed E-state index contributed by atoms with van der Waals surface area (Å²) in [5, 5.41) is 22.8. The first-order valence-electron chi connectivity index (χ1n) is 10.3. The van der Waals surface area contributed by atoms with Crippen molar-refractivity contribution in [2.45, 2.75) is 19.8 Å². The van der Waals surface area contributed by atoms with Crippen LogP contribution in [0, 0.1) is 0 Å². The lowest BCUT2D eigenvalue weighted by Crippen LogP contribution is -2.03. The van der Waals surface area contributed by atoms with Crippen LogP contribution in [0.2, 0.25) is 0 Å². The van der Waals surface area contributed by atoms with Crippen molar-refractivity contribution in [3.8, 4) is 40.3 Å². The second-order valence-electron chi connectivity index (χ2n) is 7.42. The Kier molecular flexibility index (Phi) is 4.75. The average molecular weight is 411 g/mol. The molecule has 1 aromatic heterocycles. The maximum absolute atomic E-state index is 10.3. The molecule has 6 heteroatoms. The smallest absolute Gasteiger partial charge is 0.320 e. The molecule has 0 atom stereocenters. The van der Waals surface area contributed by atoms with Gasteiger partial charge in [0, 0.05) is 5.56 Å². The van der Waals surface area contributed by atoms with E-state index in [1.165, 1.54) is 23.3 Å². The average Bonchev–Trinajstić information content (AvgIpc) is 2.77. The molecule has 1 aliphatic carbocycles. The first-order chi connectivity index (χ1) is 15.1. The third-order valence-electron chi connectivity index (χ3n) is 5.37. The first kappa shape index (κ1) is 19.1. The van der Waals surface area contributed by atoms with Crippen molar-refractivity contribution in [2.24, 2.45) is 0 Å². The number of ether oxygens (including phenoxy) is 1. The summed E-state index contributed by atoms with van der Waals surface area (Å²) in [6.07, 6.45) is 6.47. The van der Waals surface area contributed by atoms with Crippen LogP contribution in [-0.4, -0.2) is 31.8 Å². The van der Waals surface area contributed by atoms with Gasteiger partial charge in [-0.05, 0) is 65.9 Å². The second-order valence-corrected chi connectivity index (χ2v) is 7.42. The van der Waals surface area contributed by atoms with Crippen LogP contribution in [0.3, 0.4) is 0 Å². The van der Waals surface area contributed by atoms with Crippen molar-refractivity contribution in [2.75, 3.05) is 6.61 Å². The van der Waals surface area contributed by atoms with Crippen LogP contribution >= 0.6 is 0 Å². The fourth-order valence-electron chi connectivity index (χ4n) is 3.87. The van der Waals surface area contributed by atoms with Gasteiger partial charge in [0.1, 0.15) is 17.1 Å². The molecule has 0 fully saturated rings. The molecule has 4 aromatic rings. The number of aromatic hydroxyl groups is 2. The lowest BCUT2D eigenvalue weighted by molar-refractivity contribution is 0.312. The highest BCUT2D eigenvalue weighted by atomic mass is 16.5. The van der Waals surface area contributed by atoms with Crippen molar-refractivity contribution in [1.82, 2.24) is 15.0 Å². The Hall–Kier alpha value is -3.93. The number of aromatic nitrogens is 3. The minimum Gasteiger partial charge on any atom is -0.507 e. The summed E-state index contributed by atoms with van der Waals surface area (Å²) in [4.78, 5) is 13.3. The van der Waals surface area contributed by atoms with Crippen LogP contribution in [0.5, 0.6) is 17.5 Å². The van der Waals surface area contributed by atoms with Crippen LogP contribution in [0.15, 0.2) is 54.6 Å². The number of allylic oxidation sites excluding steroid dienone is 1. The molecule has 6 nitrogen and oxygen atoms in total. The number of benzene rings is 3. The molecule has 0 bridgehead atoms. The lowest BCUT2D eigenvalue weighted by atomic mass is 9.93. The lowest BCUT2D eigenvalue weighted by Gasteiger charge is -2.13. The van der Waals surface area contributed by atoms with E-state index < -0.39 is 0 Å². The number of phenols is 2. The van der Waals surface area contributed by atoms with Crippen LogP contribution in [0.4, 0.5) is 0 Å². The van der Waals surface area contributed by atoms with E-state index in [1.807, 2.05) is 19.1 Å². The van der Waals surface area contributed by atoms with Crippen LogP contribution in [0.25, 0.3) is 39.6 Å². The van der Waals surface area contributed by atoms with Crippen LogP contribution in [-0.2, 0) is 6.42 Å². The van der Waals surface area contributed by atoms with Crippen molar-refractivity contribution in [3.63, 3.8) is 0 Å². The van der Waals surface area contributed by atoms with E-state index >= 15 is 0 Å². The SMILES string of the molecule is CCOc1nc(-c2ccc3cc4c(cc3c2)CCC=C4)nc(-c2c(O)cccc2O)n1. The van der Waals surface area contributed by atoms with Crippen molar-refractivity contribution in [1.29, 1.82) is 0 Å². The minimum absolute atomic E-state index is 0.113. The van der Waals surface area contributed by atoms with E-state index in [0.29, 0.717) is 12.4 Å². The molecule has 0 unspecified atom stereocenters. The largest absolute Gasteiger partial charge is 0.507 e. The van der Waals surface area contributed by atoms with Crippen LogP contribution < -0.4 is 4.74 Å². The number of nitrogens with zero attached hydrogens (tertiary/aromatic N) is 3. The normalized spacial score (nSPS) is 12.7. The molecule has 0 amide bonds. The molecular formula is C25H21N3O3. The van der Waals surface area contributed by atoms with Gasteiger partial charge < -0.3 is 14.9 Å². The van der Waals surface area contributed by atoms with Gasteiger partial charge in [-0.1, -0.05) is 36.4 Å². The zero-order valence-corrected chi connectivity index (χ0v) is 17.0. The monoisotopic (exact) mass is 411 g/mol. The van der Waals surface area contributed by atoms with Gasteiger partial charge in [0.05, 0.1) is 6.61 Å². The summed E-state index contributed by atoms with van der Waals surface area (Å²) in [5.74, 6) is 0.339. The maximum atomic E-state index is 10.3. The van der Waals surface area contributed by atoms with E-state index in [1.54, 1.807) is 6.07 Å². The van der Waals surface area contributed by atoms with E-state index in [0.717, 1.165) is 29.2 Å². The van der Waals surface area contributed by atoms with E-state index in [4.69, 9.17) is 4.74 Å². The Morgan fingerprint density at radius 1 is 0.903 bits per heavy atom. The molecule has 1 aliphatic rings.